The van der Waals surface area contributed by atoms with Crippen LogP contribution in [0.2, 0.25) is 0 Å². The number of carboxylic acid groups (broad SMARTS) is 1. The fourth-order valence-corrected chi connectivity index (χ4v) is 1.96. The maximum atomic E-state index is 10.4. The maximum absolute atomic E-state index is 10.4. The summed E-state index contributed by atoms with van der Waals surface area (Å²) in [4.78, 5) is 10.3. The van der Waals surface area contributed by atoms with E-state index < -0.39 is 5.97 Å². The monoisotopic (exact) mass is 197 g/mol. The molecule has 1 aliphatic rings. The average molecular weight is 198 g/mol. The second kappa shape index (κ2) is 3.65. The van der Waals surface area contributed by atoms with E-state index in [1.165, 1.54) is 0 Å². The molecule has 0 aromatic rings. The first-order chi connectivity index (χ1) is 4.51. The van der Waals surface area contributed by atoms with Crippen LogP contribution in [0, 0.1) is 0 Å². The number of halogens is 1. The third-order valence-electron chi connectivity index (χ3n) is 1.43. The van der Waals surface area contributed by atoms with E-state index in [9.17, 15) is 4.79 Å². The number of carbonyl (C=O) groups is 1. The third-order valence-corrected chi connectivity index (χ3v) is 2.77. The molecule has 11 heavy (non-hydrogen) atoms. The first-order valence-electron chi connectivity index (χ1n) is 3.16. The highest BCUT2D eigenvalue weighted by Gasteiger charge is 2.34. The molecule has 5 heteroatoms. The lowest BCUT2D eigenvalue weighted by Gasteiger charge is -2.16. The van der Waals surface area contributed by atoms with Gasteiger partial charge in [-0.25, -0.2) is 0 Å². The Hall–Kier alpha value is 0.0700. The van der Waals surface area contributed by atoms with Crippen molar-refractivity contribution in [3.63, 3.8) is 0 Å². The van der Waals surface area contributed by atoms with Gasteiger partial charge in [0.2, 0.25) is 0 Å². The zero-order chi connectivity index (χ0) is 7.78. The van der Waals surface area contributed by atoms with Crippen LogP contribution in [0.3, 0.4) is 0 Å². The van der Waals surface area contributed by atoms with Gasteiger partial charge in [0.05, 0.1) is 4.87 Å². The Balaban J connectivity index is 0.000001000. The predicted molar refractivity (Wildman–Crippen MR) is 48.3 cm³/mol. The van der Waals surface area contributed by atoms with Crippen LogP contribution in [0.1, 0.15) is 13.8 Å². The molecule has 1 rings (SSSR count). The van der Waals surface area contributed by atoms with Crippen LogP contribution >= 0.6 is 24.2 Å². The zero-order valence-electron chi connectivity index (χ0n) is 6.46. The Kier molecular flexibility index (Phi) is 3.67. The lowest BCUT2D eigenvalue weighted by molar-refractivity contribution is -0.138. The van der Waals surface area contributed by atoms with Crippen molar-refractivity contribution in [1.29, 1.82) is 0 Å². The van der Waals surface area contributed by atoms with Gasteiger partial charge in [-0.2, -0.15) is 0 Å². The van der Waals surface area contributed by atoms with E-state index in [2.05, 4.69) is 5.32 Å². The Labute approximate surface area is 76.3 Å². The highest BCUT2D eigenvalue weighted by molar-refractivity contribution is 8.00. The second-order valence-electron chi connectivity index (χ2n) is 2.86. The van der Waals surface area contributed by atoms with Crippen molar-refractivity contribution >= 4 is 30.1 Å². The summed E-state index contributed by atoms with van der Waals surface area (Å²) in [6, 6.07) is -0.361. The van der Waals surface area contributed by atoms with E-state index in [0.29, 0.717) is 5.75 Å². The molecule has 0 radical (unpaired) electrons. The molecule has 1 atom stereocenters. The van der Waals surface area contributed by atoms with Crippen molar-refractivity contribution in [3.05, 3.63) is 0 Å². The molecule has 0 spiro atoms. The number of nitrogens with one attached hydrogen (secondary N) is 1. The quantitative estimate of drug-likeness (QED) is 0.657. The molecule has 0 bridgehead atoms. The largest absolute Gasteiger partial charge is 0.480 e. The van der Waals surface area contributed by atoms with Crippen LogP contribution in [-0.4, -0.2) is 27.7 Å². The second-order valence-corrected chi connectivity index (χ2v) is 4.50. The minimum Gasteiger partial charge on any atom is -0.480 e. The molecular formula is C6H12ClNO2S. The molecule has 1 saturated heterocycles. The van der Waals surface area contributed by atoms with Gasteiger partial charge in [0.15, 0.2) is 0 Å². The molecule has 0 aromatic heterocycles. The van der Waals surface area contributed by atoms with Crippen LogP contribution < -0.4 is 5.32 Å². The van der Waals surface area contributed by atoms with Crippen LogP contribution in [0.5, 0.6) is 0 Å². The van der Waals surface area contributed by atoms with Crippen LogP contribution in [-0.2, 0) is 4.79 Å². The highest BCUT2D eigenvalue weighted by atomic mass is 35.5. The number of hydrogen-bond acceptors (Lipinski definition) is 3. The third kappa shape index (κ3) is 2.89. The van der Waals surface area contributed by atoms with Crippen LogP contribution in [0.15, 0.2) is 0 Å². The molecule has 2 N–H and O–H groups in total. The molecular weight excluding hydrogens is 186 g/mol. The molecule has 0 amide bonds. The van der Waals surface area contributed by atoms with E-state index in [1.807, 2.05) is 13.8 Å². The SMILES string of the molecule is CC1(C)NC(C(=O)O)CS1.Cl. The Bertz CT molecular complexity index is 163. The molecule has 0 saturated carbocycles. The standard InChI is InChI=1S/C6H11NO2S.ClH/c1-6(2)7-4(3-10-6)5(8)9;/h4,7H,3H2,1-2H3,(H,8,9);1H. The molecule has 1 heterocycles. The van der Waals surface area contributed by atoms with E-state index in [-0.39, 0.29) is 23.3 Å². The van der Waals surface area contributed by atoms with Crippen molar-refractivity contribution in [2.45, 2.75) is 24.8 Å². The summed E-state index contributed by atoms with van der Waals surface area (Å²) < 4.78 is 0. The van der Waals surface area contributed by atoms with Crippen LogP contribution in [0.25, 0.3) is 0 Å². The number of aliphatic carboxylic acids is 1. The van der Waals surface area contributed by atoms with Gasteiger partial charge in [0.25, 0.3) is 0 Å². The fourth-order valence-electron chi connectivity index (χ4n) is 0.928. The molecule has 66 valence electrons. The summed E-state index contributed by atoms with van der Waals surface area (Å²) >= 11 is 1.64. The van der Waals surface area contributed by atoms with Crippen LogP contribution in [0.4, 0.5) is 0 Å². The lowest BCUT2D eigenvalue weighted by Crippen LogP contribution is -2.41. The van der Waals surface area contributed by atoms with Gasteiger partial charge in [-0.15, -0.1) is 24.2 Å². The van der Waals surface area contributed by atoms with Crippen molar-refractivity contribution in [2.75, 3.05) is 5.75 Å². The molecule has 3 nitrogen and oxygen atoms in total. The summed E-state index contributed by atoms with van der Waals surface area (Å²) in [5, 5.41) is 11.6. The fraction of sp³-hybridized carbons (Fsp3) is 0.833. The molecule has 0 aliphatic carbocycles. The van der Waals surface area contributed by atoms with Gasteiger partial charge < -0.3 is 5.11 Å². The number of hydrogen-bond donors (Lipinski definition) is 2. The molecule has 1 aliphatic heterocycles. The normalized spacial score (nSPS) is 27.6. The first-order valence-corrected chi connectivity index (χ1v) is 4.14. The predicted octanol–water partition coefficient (Wildman–Crippen LogP) is 0.934. The number of carboxylic acids is 1. The summed E-state index contributed by atoms with van der Waals surface area (Å²) in [5.74, 6) is -0.0828. The topological polar surface area (TPSA) is 49.3 Å². The summed E-state index contributed by atoms with van der Waals surface area (Å²) in [6.45, 7) is 3.97. The van der Waals surface area contributed by atoms with Gasteiger partial charge in [-0.3, -0.25) is 10.1 Å². The summed E-state index contributed by atoms with van der Waals surface area (Å²) in [6.07, 6.45) is 0. The Morgan fingerprint density at radius 3 is 2.45 bits per heavy atom. The van der Waals surface area contributed by atoms with Crippen molar-refractivity contribution in [3.8, 4) is 0 Å². The summed E-state index contributed by atoms with van der Waals surface area (Å²) in [7, 11) is 0. The van der Waals surface area contributed by atoms with E-state index in [4.69, 9.17) is 5.11 Å². The van der Waals surface area contributed by atoms with E-state index in [1.54, 1.807) is 11.8 Å². The number of thioether (sulfide) groups is 1. The number of rotatable bonds is 1. The van der Waals surface area contributed by atoms with Gasteiger partial charge in [0, 0.05) is 5.75 Å². The smallest absolute Gasteiger partial charge is 0.321 e. The van der Waals surface area contributed by atoms with E-state index in [0.717, 1.165) is 0 Å². The van der Waals surface area contributed by atoms with Gasteiger partial charge in [0.1, 0.15) is 6.04 Å². The van der Waals surface area contributed by atoms with Gasteiger partial charge >= 0.3 is 5.97 Å². The van der Waals surface area contributed by atoms with E-state index >= 15 is 0 Å². The highest BCUT2D eigenvalue weighted by Crippen LogP contribution is 2.28. The molecule has 1 unspecified atom stereocenters. The lowest BCUT2D eigenvalue weighted by atomic mass is 10.3. The first kappa shape index (κ1) is 11.1. The Morgan fingerprint density at radius 1 is 1.73 bits per heavy atom. The minimum atomic E-state index is -0.752. The van der Waals surface area contributed by atoms with Crippen molar-refractivity contribution < 1.29 is 9.90 Å². The minimum absolute atomic E-state index is 0. The maximum Gasteiger partial charge on any atom is 0.321 e. The Morgan fingerprint density at radius 2 is 2.27 bits per heavy atom. The molecule has 0 aromatic carbocycles. The average Bonchev–Trinajstić information content (AvgIpc) is 2.10. The molecule has 1 fully saturated rings. The van der Waals surface area contributed by atoms with Crippen molar-refractivity contribution in [1.82, 2.24) is 5.32 Å². The van der Waals surface area contributed by atoms with Gasteiger partial charge in [-0.1, -0.05) is 0 Å². The van der Waals surface area contributed by atoms with Gasteiger partial charge in [-0.05, 0) is 13.8 Å². The summed E-state index contributed by atoms with van der Waals surface area (Å²) in [5.41, 5.74) is 0. The van der Waals surface area contributed by atoms with Crippen molar-refractivity contribution in [2.24, 2.45) is 0 Å². The zero-order valence-corrected chi connectivity index (χ0v) is 8.09.